The molecule has 3 aliphatic heterocycles. The zero-order valence-electron chi connectivity index (χ0n) is 16.3. The van der Waals surface area contributed by atoms with Gasteiger partial charge in [-0.2, -0.15) is 0 Å². The Bertz CT molecular complexity index is 807. The van der Waals surface area contributed by atoms with Gasteiger partial charge in [0.2, 0.25) is 11.8 Å². The molecule has 3 aliphatic rings. The zero-order chi connectivity index (χ0) is 19.8. The van der Waals surface area contributed by atoms with Gasteiger partial charge in [0.05, 0.1) is 0 Å². The van der Waals surface area contributed by atoms with E-state index in [0.29, 0.717) is 25.6 Å². The Morgan fingerprint density at radius 2 is 2.04 bits per heavy atom. The quantitative estimate of drug-likeness (QED) is 0.759. The summed E-state index contributed by atoms with van der Waals surface area (Å²) in [5.74, 6) is -0.736. The van der Waals surface area contributed by atoms with E-state index in [1.54, 1.807) is 4.90 Å². The summed E-state index contributed by atoms with van der Waals surface area (Å²) < 4.78 is 0. The van der Waals surface area contributed by atoms with E-state index in [1.165, 1.54) is 6.42 Å². The van der Waals surface area contributed by atoms with Crippen molar-refractivity contribution in [1.29, 1.82) is 0 Å². The Kier molecular flexibility index (Phi) is 5.21. The minimum atomic E-state index is -0.572. The maximum Gasteiger partial charge on any atom is 0.255 e. The van der Waals surface area contributed by atoms with Crippen molar-refractivity contribution in [3.8, 4) is 0 Å². The number of hydrogen-bond acceptors (Lipinski definition) is 5. The summed E-state index contributed by atoms with van der Waals surface area (Å²) in [5, 5.41) is 2.36. The first-order chi connectivity index (χ1) is 13.5. The SMILES string of the molecule is CC(N)C1CCCCN1Cc1cccc2c1C(=O)N(C1CCC(=O)NC1=O)C2. The number of likely N-dealkylation sites (tertiary alicyclic amines) is 1. The number of nitrogens with zero attached hydrogens (tertiary/aromatic N) is 2. The first-order valence-electron chi connectivity index (χ1n) is 10.2. The Hall–Kier alpha value is -2.25. The van der Waals surface area contributed by atoms with Gasteiger partial charge in [-0.3, -0.25) is 24.6 Å². The highest BCUT2D eigenvalue weighted by Crippen LogP contribution is 2.31. The minimum Gasteiger partial charge on any atom is -0.327 e. The normalized spacial score (nSPS) is 26.9. The highest BCUT2D eigenvalue weighted by molar-refractivity contribution is 6.05. The molecule has 0 bridgehead atoms. The number of amides is 3. The van der Waals surface area contributed by atoms with Crippen LogP contribution in [0, 0.1) is 0 Å². The number of fused-ring (bicyclic) bond motifs is 1. The van der Waals surface area contributed by atoms with E-state index in [-0.39, 0.29) is 30.2 Å². The van der Waals surface area contributed by atoms with Crippen molar-refractivity contribution < 1.29 is 14.4 Å². The van der Waals surface area contributed by atoms with Crippen LogP contribution in [0.1, 0.15) is 60.5 Å². The summed E-state index contributed by atoms with van der Waals surface area (Å²) in [6.45, 7) is 4.16. The number of hydrogen-bond donors (Lipinski definition) is 2. The number of benzene rings is 1. The molecule has 0 aliphatic carbocycles. The Morgan fingerprint density at radius 1 is 1.21 bits per heavy atom. The van der Waals surface area contributed by atoms with Gasteiger partial charge >= 0.3 is 0 Å². The van der Waals surface area contributed by atoms with Crippen LogP contribution in [0.25, 0.3) is 0 Å². The van der Waals surface area contributed by atoms with E-state index in [9.17, 15) is 14.4 Å². The van der Waals surface area contributed by atoms with E-state index in [1.807, 2.05) is 25.1 Å². The second-order valence-electron chi connectivity index (χ2n) is 8.24. The van der Waals surface area contributed by atoms with Gasteiger partial charge in [0.25, 0.3) is 5.91 Å². The molecule has 150 valence electrons. The van der Waals surface area contributed by atoms with Crippen LogP contribution >= 0.6 is 0 Å². The fraction of sp³-hybridized carbons (Fsp3) is 0.571. The number of piperidine rings is 2. The van der Waals surface area contributed by atoms with Crippen LogP contribution in [0.5, 0.6) is 0 Å². The fourth-order valence-electron chi connectivity index (χ4n) is 4.85. The number of imide groups is 1. The summed E-state index contributed by atoms with van der Waals surface area (Å²) in [6, 6.07) is 5.80. The number of carbonyl (C=O) groups is 3. The van der Waals surface area contributed by atoms with Gasteiger partial charge in [0, 0.05) is 37.2 Å². The van der Waals surface area contributed by atoms with Crippen molar-refractivity contribution in [3.63, 3.8) is 0 Å². The van der Waals surface area contributed by atoms with Crippen molar-refractivity contribution in [2.45, 2.75) is 70.2 Å². The number of carbonyl (C=O) groups excluding carboxylic acids is 3. The third-order valence-electron chi connectivity index (χ3n) is 6.28. The van der Waals surface area contributed by atoms with Gasteiger partial charge in [-0.05, 0) is 43.9 Å². The molecule has 28 heavy (non-hydrogen) atoms. The predicted molar refractivity (Wildman–Crippen MR) is 104 cm³/mol. The molecule has 0 aromatic heterocycles. The maximum atomic E-state index is 13.2. The first kappa shape index (κ1) is 19.1. The topological polar surface area (TPSA) is 95.7 Å². The molecule has 2 saturated heterocycles. The maximum absolute atomic E-state index is 13.2. The monoisotopic (exact) mass is 384 g/mol. The van der Waals surface area contributed by atoms with Crippen LogP contribution < -0.4 is 11.1 Å². The molecule has 0 saturated carbocycles. The first-order valence-corrected chi connectivity index (χ1v) is 10.2. The largest absolute Gasteiger partial charge is 0.327 e. The van der Waals surface area contributed by atoms with E-state index < -0.39 is 6.04 Å². The summed E-state index contributed by atoms with van der Waals surface area (Å²) in [7, 11) is 0. The number of nitrogens with one attached hydrogen (secondary N) is 1. The lowest BCUT2D eigenvalue weighted by Gasteiger charge is -2.38. The Balaban J connectivity index is 1.57. The van der Waals surface area contributed by atoms with Gasteiger partial charge in [-0.15, -0.1) is 0 Å². The highest BCUT2D eigenvalue weighted by atomic mass is 16.2. The minimum absolute atomic E-state index is 0.0905. The van der Waals surface area contributed by atoms with Gasteiger partial charge < -0.3 is 10.6 Å². The molecule has 3 unspecified atom stereocenters. The average molecular weight is 384 g/mol. The Labute approximate surface area is 165 Å². The van der Waals surface area contributed by atoms with E-state index in [0.717, 1.165) is 36.1 Å². The Morgan fingerprint density at radius 3 is 2.79 bits per heavy atom. The third-order valence-corrected chi connectivity index (χ3v) is 6.28. The van der Waals surface area contributed by atoms with Crippen molar-refractivity contribution in [2.24, 2.45) is 5.73 Å². The van der Waals surface area contributed by atoms with Gasteiger partial charge in [-0.25, -0.2) is 0 Å². The van der Waals surface area contributed by atoms with Crippen LogP contribution in [0.2, 0.25) is 0 Å². The van der Waals surface area contributed by atoms with E-state index in [2.05, 4.69) is 10.2 Å². The molecule has 3 N–H and O–H groups in total. The third kappa shape index (κ3) is 3.44. The van der Waals surface area contributed by atoms with Crippen LogP contribution in [-0.2, 0) is 22.7 Å². The lowest BCUT2D eigenvalue weighted by Crippen LogP contribution is -2.52. The van der Waals surface area contributed by atoms with Crippen molar-refractivity contribution in [3.05, 3.63) is 34.9 Å². The molecule has 4 rings (SSSR count). The molecule has 3 heterocycles. The van der Waals surface area contributed by atoms with Crippen molar-refractivity contribution in [2.75, 3.05) is 6.54 Å². The average Bonchev–Trinajstić information content (AvgIpc) is 2.99. The molecule has 3 atom stereocenters. The van der Waals surface area contributed by atoms with Crippen LogP contribution in [0.15, 0.2) is 18.2 Å². The van der Waals surface area contributed by atoms with Crippen molar-refractivity contribution >= 4 is 17.7 Å². The van der Waals surface area contributed by atoms with E-state index >= 15 is 0 Å². The van der Waals surface area contributed by atoms with Crippen molar-refractivity contribution in [1.82, 2.24) is 15.1 Å². The number of nitrogens with two attached hydrogens (primary N) is 1. The molecular weight excluding hydrogens is 356 g/mol. The van der Waals surface area contributed by atoms with E-state index in [4.69, 9.17) is 5.73 Å². The molecule has 0 radical (unpaired) electrons. The molecule has 3 amide bonds. The smallest absolute Gasteiger partial charge is 0.255 e. The molecule has 0 spiro atoms. The molecule has 1 aromatic carbocycles. The highest BCUT2D eigenvalue weighted by Gasteiger charge is 2.40. The second kappa shape index (κ2) is 7.64. The lowest BCUT2D eigenvalue weighted by atomic mass is 9.95. The summed E-state index contributed by atoms with van der Waals surface area (Å²) >= 11 is 0. The van der Waals surface area contributed by atoms with Crippen LogP contribution in [0.4, 0.5) is 0 Å². The van der Waals surface area contributed by atoms with Gasteiger partial charge in [-0.1, -0.05) is 24.6 Å². The van der Waals surface area contributed by atoms with Gasteiger partial charge in [0.15, 0.2) is 0 Å². The zero-order valence-corrected chi connectivity index (χ0v) is 16.3. The summed E-state index contributed by atoms with van der Waals surface area (Å²) in [5.41, 5.74) is 8.90. The second-order valence-corrected chi connectivity index (χ2v) is 8.24. The molecular formula is C21H28N4O3. The lowest BCUT2D eigenvalue weighted by molar-refractivity contribution is -0.136. The standard InChI is InChI=1S/C21H28N4O3/c1-13(22)16-7-2-3-10-24(16)11-14-5-4-6-15-12-25(21(28)19(14)15)17-8-9-18(26)23-20(17)27/h4-6,13,16-17H,2-3,7-12,22H2,1H3,(H,23,26,27). The van der Waals surface area contributed by atoms with Crippen LogP contribution in [-0.4, -0.2) is 52.2 Å². The molecule has 2 fully saturated rings. The molecule has 7 heteroatoms. The molecule has 1 aromatic rings. The van der Waals surface area contributed by atoms with Crippen LogP contribution in [0.3, 0.4) is 0 Å². The number of rotatable bonds is 4. The molecule has 7 nitrogen and oxygen atoms in total. The summed E-state index contributed by atoms with van der Waals surface area (Å²) in [6.07, 6.45) is 4.08. The van der Waals surface area contributed by atoms with Gasteiger partial charge in [0.1, 0.15) is 6.04 Å². The summed E-state index contributed by atoms with van der Waals surface area (Å²) in [4.78, 5) is 40.9. The fourth-order valence-corrected chi connectivity index (χ4v) is 4.85. The predicted octanol–water partition coefficient (Wildman–Crippen LogP) is 1.15.